The molecule has 0 radical (unpaired) electrons. The molecule has 170 valence electrons. The predicted octanol–water partition coefficient (Wildman–Crippen LogP) is 3.96. The van der Waals surface area contributed by atoms with Gasteiger partial charge in [-0.25, -0.2) is 17.9 Å². The fourth-order valence-corrected chi connectivity index (χ4v) is 3.98. The third kappa shape index (κ3) is 6.64. The van der Waals surface area contributed by atoms with E-state index in [1.807, 2.05) is 0 Å². The van der Waals surface area contributed by atoms with Crippen molar-refractivity contribution in [2.45, 2.75) is 36.2 Å². The largest absolute Gasteiger partial charge is 0.434 e. The molecule has 0 bridgehead atoms. The average Bonchev–Trinajstić information content (AvgIpc) is 2.63. The molecular formula is C16H17ClF6N2O4S. The van der Waals surface area contributed by atoms with Crippen LogP contribution in [0.2, 0.25) is 5.02 Å². The molecule has 1 aliphatic rings. The van der Waals surface area contributed by atoms with E-state index in [1.54, 1.807) is 0 Å². The van der Waals surface area contributed by atoms with Gasteiger partial charge >= 0.3 is 18.4 Å². The molecule has 1 N–H and O–H groups in total. The normalized spacial score (nSPS) is 16.7. The first kappa shape index (κ1) is 24.5. The van der Waals surface area contributed by atoms with Crippen molar-refractivity contribution in [3.63, 3.8) is 0 Å². The fraction of sp³-hybridized carbons (Fsp3) is 0.562. The molecule has 1 aromatic carbocycles. The maximum absolute atomic E-state index is 12.5. The molecule has 1 aromatic rings. The summed E-state index contributed by atoms with van der Waals surface area (Å²) in [6.45, 7) is -0.356. The summed E-state index contributed by atoms with van der Waals surface area (Å²) in [5, 5.41) is 0.353. The summed E-state index contributed by atoms with van der Waals surface area (Å²) in [5.74, 6) is -0.267. The summed E-state index contributed by atoms with van der Waals surface area (Å²) >= 11 is 5.70. The predicted molar refractivity (Wildman–Crippen MR) is 93.3 cm³/mol. The Kier molecular flexibility index (Phi) is 7.51. The highest BCUT2D eigenvalue weighted by Crippen LogP contribution is 2.36. The van der Waals surface area contributed by atoms with E-state index in [4.69, 9.17) is 11.6 Å². The van der Waals surface area contributed by atoms with E-state index in [2.05, 4.69) is 9.46 Å². The molecule has 1 aliphatic heterocycles. The van der Waals surface area contributed by atoms with Crippen LogP contribution < -0.4 is 4.72 Å². The lowest BCUT2D eigenvalue weighted by Crippen LogP contribution is -2.49. The van der Waals surface area contributed by atoms with Crippen LogP contribution >= 0.6 is 11.6 Å². The molecule has 0 atom stereocenters. The van der Waals surface area contributed by atoms with Gasteiger partial charge in [0.25, 0.3) is 6.10 Å². The number of halogens is 7. The van der Waals surface area contributed by atoms with Gasteiger partial charge in [0, 0.05) is 24.7 Å². The third-order valence-corrected chi connectivity index (χ3v) is 6.06. The van der Waals surface area contributed by atoms with Gasteiger partial charge in [-0.15, -0.1) is 0 Å². The van der Waals surface area contributed by atoms with Crippen LogP contribution in [0.4, 0.5) is 31.1 Å². The molecule has 0 aliphatic carbocycles. The summed E-state index contributed by atoms with van der Waals surface area (Å²) in [5.41, 5.74) is 0. The second-order valence-electron chi connectivity index (χ2n) is 6.58. The van der Waals surface area contributed by atoms with Gasteiger partial charge in [0.2, 0.25) is 10.0 Å². The van der Waals surface area contributed by atoms with Crippen molar-refractivity contribution in [3.05, 3.63) is 29.3 Å². The lowest BCUT2D eigenvalue weighted by atomic mass is 9.97. The number of piperidine rings is 1. The van der Waals surface area contributed by atoms with Gasteiger partial charge in [-0.3, -0.25) is 0 Å². The summed E-state index contributed by atoms with van der Waals surface area (Å²) < 4.78 is 105. The Morgan fingerprint density at radius 1 is 1.10 bits per heavy atom. The number of rotatable bonds is 5. The first-order valence-corrected chi connectivity index (χ1v) is 10.4. The van der Waals surface area contributed by atoms with Crippen LogP contribution in [-0.4, -0.2) is 57.5 Å². The van der Waals surface area contributed by atoms with Crippen LogP contribution in [0, 0.1) is 5.92 Å². The zero-order valence-corrected chi connectivity index (χ0v) is 16.7. The minimum absolute atomic E-state index is 0.0123. The summed E-state index contributed by atoms with van der Waals surface area (Å²) in [6, 6.07) is 5.41. The summed E-state index contributed by atoms with van der Waals surface area (Å²) in [7, 11) is -3.82. The monoisotopic (exact) mass is 482 g/mol. The van der Waals surface area contributed by atoms with Crippen molar-refractivity contribution in [3.8, 4) is 0 Å². The molecule has 0 unspecified atom stereocenters. The first-order valence-electron chi connectivity index (χ1n) is 8.54. The maximum Gasteiger partial charge on any atom is 0.434 e. The molecule has 6 nitrogen and oxygen atoms in total. The molecule has 1 saturated heterocycles. The van der Waals surface area contributed by atoms with Crippen molar-refractivity contribution < 1.29 is 44.3 Å². The van der Waals surface area contributed by atoms with E-state index in [1.165, 1.54) is 24.3 Å². The highest BCUT2D eigenvalue weighted by Gasteiger charge is 2.60. The molecule has 0 saturated carbocycles. The Hall–Kier alpha value is -1.73. The average molecular weight is 483 g/mol. The smallest absolute Gasteiger partial charge is 0.426 e. The van der Waals surface area contributed by atoms with E-state index < -0.39 is 34.6 Å². The van der Waals surface area contributed by atoms with Crippen LogP contribution in [-0.2, 0) is 14.8 Å². The lowest BCUT2D eigenvalue weighted by Gasteiger charge is -2.33. The zero-order valence-electron chi connectivity index (χ0n) is 15.1. The SMILES string of the molecule is O=C(OC(C(F)(F)F)C(F)(F)F)N1CCC(CNS(=O)(=O)c2ccc(Cl)cc2)CC1. The second-order valence-corrected chi connectivity index (χ2v) is 8.79. The van der Waals surface area contributed by atoms with Crippen molar-refractivity contribution in [1.82, 2.24) is 9.62 Å². The number of alkyl halides is 6. The Bertz CT molecular complexity index is 823. The van der Waals surface area contributed by atoms with Crippen molar-refractivity contribution in [1.29, 1.82) is 0 Å². The molecule has 14 heteroatoms. The van der Waals surface area contributed by atoms with E-state index in [0.29, 0.717) is 5.02 Å². The maximum atomic E-state index is 12.5. The van der Waals surface area contributed by atoms with Crippen molar-refractivity contribution in [2.75, 3.05) is 19.6 Å². The fourth-order valence-electron chi connectivity index (χ4n) is 2.74. The number of nitrogens with one attached hydrogen (secondary N) is 1. The van der Waals surface area contributed by atoms with E-state index >= 15 is 0 Å². The minimum Gasteiger partial charge on any atom is -0.426 e. The van der Waals surface area contributed by atoms with Crippen LogP contribution in [0.5, 0.6) is 0 Å². The molecule has 1 amide bonds. The van der Waals surface area contributed by atoms with Crippen molar-refractivity contribution in [2.24, 2.45) is 5.92 Å². The van der Waals surface area contributed by atoms with Crippen LogP contribution in [0.15, 0.2) is 29.2 Å². The van der Waals surface area contributed by atoms with Gasteiger partial charge in [-0.05, 0) is 43.0 Å². The molecule has 1 heterocycles. The van der Waals surface area contributed by atoms with Crippen LogP contribution in [0.1, 0.15) is 12.8 Å². The van der Waals surface area contributed by atoms with Gasteiger partial charge in [0.05, 0.1) is 4.90 Å². The van der Waals surface area contributed by atoms with Gasteiger partial charge in [-0.1, -0.05) is 11.6 Å². The number of hydrogen-bond donors (Lipinski definition) is 1. The molecule has 30 heavy (non-hydrogen) atoms. The van der Waals surface area contributed by atoms with E-state index in [0.717, 1.165) is 4.90 Å². The second kappa shape index (κ2) is 9.18. The van der Waals surface area contributed by atoms with Gasteiger partial charge in [0.15, 0.2) is 0 Å². The highest BCUT2D eigenvalue weighted by atomic mass is 35.5. The number of nitrogens with zero attached hydrogens (tertiary/aromatic N) is 1. The Labute approximate surface area is 173 Å². The highest BCUT2D eigenvalue weighted by molar-refractivity contribution is 7.89. The quantitative estimate of drug-likeness (QED) is 0.645. The summed E-state index contributed by atoms with van der Waals surface area (Å²) in [4.78, 5) is 12.4. The number of ether oxygens (including phenoxy) is 1. The lowest BCUT2D eigenvalue weighted by molar-refractivity contribution is -0.308. The molecular weight excluding hydrogens is 466 g/mol. The Morgan fingerprint density at radius 2 is 1.60 bits per heavy atom. The van der Waals surface area contributed by atoms with Crippen LogP contribution in [0.3, 0.4) is 0 Å². The number of hydrogen-bond acceptors (Lipinski definition) is 4. The number of amides is 1. The number of sulfonamides is 1. The van der Waals surface area contributed by atoms with E-state index in [-0.39, 0.29) is 43.3 Å². The minimum atomic E-state index is -5.79. The molecule has 0 spiro atoms. The summed E-state index contributed by atoms with van der Waals surface area (Å²) in [6.07, 6.45) is -17.2. The first-order chi connectivity index (χ1) is 13.7. The van der Waals surface area contributed by atoms with Gasteiger partial charge < -0.3 is 9.64 Å². The number of likely N-dealkylation sites (tertiary alicyclic amines) is 1. The standard InChI is InChI=1S/C16H17ClF6N2O4S/c17-11-1-3-12(4-2-11)30(27,28)24-9-10-5-7-25(8-6-10)14(26)29-13(15(18,19)20)16(21,22)23/h1-4,10,13,24H,5-9H2. The number of carbonyl (C=O) groups is 1. The van der Waals surface area contributed by atoms with E-state index in [9.17, 15) is 39.6 Å². The molecule has 2 rings (SSSR count). The number of carbonyl (C=O) groups excluding carboxylic acids is 1. The van der Waals surface area contributed by atoms with Crippen LogP contribution in [0.25, 0.3) is 0 Å². The topological polar surface area (TPSA) is 75.7 Å². The third-order valence-electron chi connectivity index (χ3n) is 4.37. The van der Waals surface area contributed by atoms with Gasteiger partial charge in [-0.2, -0.15) is 26.3 Å². The molecule has 1 fully saturated rings. The number of benzene rings is 1. The molecule has 0 aromatic heterocycles. The van der Waals surface area contributed by atoms with Crippen molar-refractivity contribution >= 4 is 27.7 Å². The zero-order chi connectivity index (χ0) is 22.7. The Balaban J connectivity index is 1.87. The van der Waals surface area contributed by atoms with Gasteiger partial charge in [0.1, 0.15) is 0 Å². The Morgan fingerprint density at radius 3 is 2.07 bits per heavy atom.